The van der Waals surface area contributed by atoms with Crippen molar-refractivity contribution in [3.05, 3.63) is 80.9 Å². The first-order chi connectivity index (χ1) is 12.5. The van der Waals surface area contributed by atoms with E-state index in [9.17, 15) is 0 Å². The minimum Gasteiger partial charge on any atom is -1.00 e. The van der Waals surface area contributed by atoms with Crippen LogP contribution in [-0.4, -0.2) is 0 Å². The van der Waals surface area contributed by atoms with E-state index in [1.54, 1.807) is 22.3 Å². The number of fused-ring (bicyclic) bond motifs is 6. The minimum absolute atomic E-state index is 0. The Morgan fingerprint density at radius 3 is 1.28 bits per heavy atom. The summed E-state index contributed by atoms with van der Waals surface area (Å²) in [7, 11) is 0. The molecule has 0 N–H and O–H groups in total. The molecular formula is C26H26Cl2Zr. The van der Waals surface area contributed by atoms with Gasteiger partial charge in [0.25, 0.3) is 0 Å². The van der Waals surface area contributed by atoms with Crippen LogP contribution < -0.4 is 24.8 Å². The molecule has 0 fully saturated rings. The second kappa shape index (κ2) is 9.09. The summed E-state index contributed by atoms with van der Waals surface area (Å²) >= 11 is 0. The summed E-state index contributed by atoms with van der Waals surface area (Å²) in [4.78, 5) is 0. The van der Waals surface area contributed by atoms with Gasteiger partial charge in [-0.25, -0.2) is 0 Å². The fourth-order valence-corrected chi connectivity index (χ4v) is 4.89. The van der Waals surface area contributed by atoms with Gasteiger partial charge in [-0.3, -0.25) is 0 Å². The molecule has 0 amide bonds. The standard InChI is InChI=1S/C26H26.2ClH.Zr/c1-15-9-21-13-19-5-8-24-20(6-7-23(19)25(21)11-17(15)3)14-22-10-16(2)18(4)12-26(22)24;;;/h9-14H,5-8H2,1-4H3;2*1H;/q-2;;;+4/p-2. The van der Waals surface area contributed by atoms with E-state index in [0.717, 1.165) is 0 Å². The van der Waals surface area contributed by atoms with E-state index in [0.29, 0.717) is 0 Å². The zero-order valence-electron chi connectivity index (χ0n) is 17.5. The first-order valence-corrected chi connectivity index (χ1v) is 9.88. The molecule has 0 atom stereocenters. The van der Waals surface area contributed by atoms with Gasteiger partial charge in [-0.1, -0.05) is 35.1 Å². The van der Waals surface area contributed by atoms with Crippen molar-refractivity contribution in [2.75, 3.05) is 0 Å². The SMILES string of the molecule is Cc1cc2cc3[c-](c2cc1C)CCc1cc2cc(C)c(C)cc2[c-]1CC3.[Cl-].[Cl-].[Zr+4]. The van der Waals surface area contributed by atoms with Crippen LogP contribution in [0.3, 0.4) is 0 Å². The Balaban J connectivity index is 0.000001000. The maximum atomic E-state index is 2.46. The van der Waals surface area contributed by atoms with Gasteiger partial charge in [0.05, 0.1) is 0 Å². The maximum Gasteiger partial charge on any atom is 4.00 e. The molecule has 1 aliphatic rings. The smallest absolute Gasteiger partial charge is 1.00 e. The molecule has 3 heteroatoms. The maximum absolute atomic E-state index is 2.46. The predicted octanol–water partition coefficient (Wildman–Crippen LogP) is 0.554. The zero-order chi connectivity index (χ0) is 18.0. The molecule has 0 saturated heterocycles. The van der Waals surface area contributed by atoms with Crippen LogP contribution in [0.4, 0.5) is 0 Å². The quantitative estimate of drug-likeness (QED) is 0.310. The molecule has 0 saturated carbocycles. The van der Waals surface area contributed by atoms with Gasteiger partial charge in [0, 0.05) is 0 Å². The topological polar surface area (TPSA) is 0 Å². The molecule has 0 heterocycles. The van der Waals surface area contributed by atoms with Crippen molar-refractivity contribution in [1.29, 1.82) is 0 Å². The largest absolute Gasteiger partial charge is 4.00 e. The molecule has 5 rings (SSSR count). The molecule has 0 radical (unpaired) electrons. The Hall–Kier alpha value is -0.877. The van der Waals surface area contributed by atoms with Crippen molar-refractivity contribution in [2.24, 2.45) is 0 Å². The van der Waals surface area contributed by atoms with Crippen molar-refractivity contribution in [1.82, 2.24) is 0 Å². The van der Waals surface area contributed by atoms with Gasteiger partial charge in [-0.05, 0) is 40.5 Å². The monoisotopic (exact) mass is 498 g/mol. The van der Waals surface area contributed by atoms with Crippen molar-refractivity contribution in [3.63, 3.8) is 0 Å². The molecule has 29 heavy (non-hydrogen) atoms. The van der Waals surface area contributed by atoms with Crippen LogP contribution in [0.25, 0.3) is 21.5 Å². The van der Waals surface area contributed by atoms with Crippen LogP contribution in [-0.2, 0) is 51.9 Å². The van der Waals surface area contributed by atoms with Crippen molar-refractivity contribution < 1.29 is 51.0 Å². The summed E-state index contributed by atoms with van der Waals surface area (Å²) < 4.78 is 0. The molecule has 0 spiro atoms. The molecule has 0 aliphatic heterocycles. The fraction of sp³-hybridized carbons (Fsp3) is 0.308. The fourth-order valence-electron chi connectivity index (χ4n) is 4.89. The van der Waals surface area contributed by atoms with E-state index in [-0.39, 0.29) is 51.0 Å². The molecule has 0 nitrogen and oxygen atoms in total. The van der Waals surface area contributed by atoms with Gasteiger partial charge in [-0.15, -0.1) is 68.1 Å². The molecule has 148 valence electrons. The van der Waals surface area contributed by atoms with Crippen LogP contribution in [0.2, 0.25) is 0 Å². The zero-order valence-corrected chi connectivity index (χ0v) is 21.5. The van der Waals surface area contributed by atoms with Crippen LogP contribution >= 0.6 is 0 Å². The number of halogens is 2. The first-order valence-electron chi connectivity index (χ1n) is 9.88. The third kappa shape index (κ3) is 4.04. The van der Waals surface area contributed by atoms with E-state index in [4.69, 9.17) is 0 Å². The van der Waals surface area contributed by atoms with Gasteiger partial charge in [0.15, 0.2) is 0 Å². The van der Waals surface area contributed by atoms with Crippen LogP contribution in [0.1, 0.15) is 44.5 Å². The molecule has 4 aromatic rings. The summed E-state index contributed by atoms with van der Waals surface area (Å²) in [6, 6.07) is 14.5. The summed E-state index contributed by atoms with van der Waals surface area (Å²) in [6.07, 6.45) is 4.67. The third-order valence-corrected chi connectivity index (χ3v) is 6.71. The second-order valence-electron chi connectivity index (χ2n) is 8.34. The summed E-state index contributed by atoms with van der Waals surface area (Å²) in [5, 5.41) is 5.87. The van der Waals surface area contributed by atoms with E-state index in [1.165, 1.54) is 69.5 Å². The summed E-state index contributed by atoms with van der Waals surface area (Å²) in [6.45, 7) is 8.94. The van der Waals surface area contributed by atoms with Gasteiger partial charge in [0.1, 0.15) is 0 Å². The molecule has 4 aromatic carbocycles. The molecule has 0 bridgehead atoms. The number of hydrogen-bond donors (Lipinski definition) is 0. The molecule has 1 aliphatic carbocycles. The normalized spacial score (nSPS) is 12.8. The molecule has 0 aromatic heterocycles. The van der Waals surface area contributed by atoms with Crippen molar-refractivity contribution in [2.45, 2.75) is 53.4 Å². The number of hydrogen-bond acceptors (Lipinski definition) is 0. The number of rotatable bonds is 0. The third-order valence-electron chi connectivity index (χ3n) is 6.71. The average Bonchev–Trinajstić information content (AvgIpc) is 3.07. The summed E-state index contributed by atoms with van der Waals surface area (Å²) in [5.41, 5.74) is 12.0. The number of aryl methyl sites for hydroxylation is 8. The summed E-state index contributed by atoms with van der Waals surface area (Å²) in [5.74, 6) is 0. The molecule has 0 unspecified atom stereocenters. The Kier molecular flexibility index (Phi) is 7.65. The average molecular weight is 501 g/mol. The van der Waals surface area contributed by atoms with Gasteiger partial charge in [0.2, 0.25) is 0 Å². The molecular weight excluding hydrogens is 474 g/mol. The van der Waals surface area contributed by atoms with Crippen molar-refractivity contribution in [3.8, 4) is 0 Å². The van der Waals surface area contributed by atoms with E-state index >= 15 is 0 Å². The first kappa shape index (κ1) is 24.4. The Labute approximate surface area is 205 Å². The Morgan fingerprint density at radius 2 is 0.897 bits per heavy atom. The second-order valence-corrected chi connectivity index (χ2v) is 8.34. The van der Waals surface area contributed by atoms with Gasteiger partial charge < -0.3 is 24.8 Å². The van der Waals surface area contributed by atoms with E-state index < -0.39 is 0 Å². The van der Waals surface area contributed by atoms with Crippen LogP contribution in [0.15, 0.2) is 36.4 Å². The van der Waals surface area contributed by atoms with E-state index in [1.807, 2.05) is 0 Å². The van der Waals surface area contributed by atoms with Crippen LogP contribution in [0, 0.1) is 27.7 Å². The Bertz CT molecular complexity index is 1080. The minimum atomic E-state index is 0. The van der Waals surface area contributed by atoms with Gasteiger partial charge >= 0.3 is 26.2 Å². The van der Waals surface area contributed by atoms with E-state index in [2.05, 4.69) is 64.1 Å². The van der Waals surface area contributed by atoms with Gasteiger partial charge in [-0.2, -0.15) is 12.1 Å². The predicted molar refractivity (Wildman–Crippen MR) is 113 cm³/mol. The van der Waals surface area contributed by atoms with Crippen molar-refractivity contribution >= 4 is 21.5 Å². The Morgan fingerprint density at radius 1 is 0.552 bits per heavy atom. The number of benzene rings is 2. The van der Waals surface area contributed by atoms with Crippen LogP contribution in [0.5, 0.6) is 0 Å².